The Balaban J connectivity index is 2.04. The topological polar surface area (TPSA) is 56.8 Å². The highest BCUT2D eigenvalue weighted by atomic mass is 16.5. The number of amides is 1. The highest BCUT2D eigenvalue weighted by Gasteiger charge is 2.21. The Morgan fingerprint density at radius 1 is 1.36 bits per heavy atom. The Morgan fingerprint density at radius 2 is 2.05 bits per heavy atom. The summed E-state index contributed by atoms with van der Waals surface area (Å²) in [5, 5.41) is 3.04. The number of carbonyl (C=O) groups excluding carboxylic acids is 1. The molecule has 1 amide bonds. The molecular weight excluding hydrogens is 282 g/mol. The van der Waals surface area contributed by atoms with Crippen LogP contribution in [0.4, 0.5) is 0 Å². The normalized spacial score (nSPS) is 18.8. The van der Waals surface area contributed by atoms with Crippen LogP contribution in [0.2, 0.25) is 0 Å². The van der Waals surface area contributed by atoms with Crippen LogP contribution in [0.3, 0.4) is 0 Å². The SMILES string of the molecule is COc1cc(C)c(C(C)NC(=O)CC2CCCO2)cc1OC. The van der Waals surface area contributed by atoms with Crippen molar-refractivity contribution in [2.75, 3.05) is 20.8 Å². The Labute approximate surface area is 131 Å². The van der Waals surface area contributed by atoms with Crippen molar-refractivity contribution < 1.29 is 19.0 Å². The minimum atomic E-state index is -0.0892. The van der Waals surface area contributed by atoms with Gasteiger partial charge in [-0.2, -0.15) is 0 Å². The molecule has 0 bridgehead atoms. The zero-order valence-electron chi connectivity index (χ0n) is 13.8. The van der Waals surface area contributed by atoms with Crippen molar-refractivity contribution in [1.82, 2.24) is 5.32 Å². The Hall–Kier alpha value is -1.75. The van der Waals surface area contributed by atoms with Crippen molar-refractivity contribution in [3.05, 3.63) is 23.3 Å². The molecule has 5 nitrogen and oxygen atoms in total. The molecule has 1 N–H and O–H groups in total. The van der Waals surface area contributed by atoms with E-state index >= 15 is 0 Å². The van der Waals surface area contributed by atoms with E-state index in [1.807, 2.05) is 26.0 Å². The molecular formula is C17H25NO4. The molecule has 0 radical (unpaired) electrons. The fourth-order valence-electron chi connectivity index (χ4n) is 2.85. The van der Waals surface area contributed by atoms with Crippen LogP contribution in [0.25, 0.3) is 0 Å². The van der Waals surface area contributed by atoms with Gasteiger partial charge >= 0.3 is 0 Å². The van der Waals surface area contributed by atoms with Crippen molar-refractivity contribution in [1.29, 1.82) is 0 Å². The first kappa shape index (κ1) is 16.6. The minimum Gasteiger partial charge on any atom is -0.493 e. The summed E-state index contributed by atoms with van der Waals surface area (Å²) in [7, 11) is 3.22. The monoisotopic (exact) mass is 307 g/mol. The minimum absolute atomic E-state index is 0.0218. The van der Waals surface area contributed by atoms with Crippen molar-refractivity contribution in [3.8, 4) is 11.5 Å². The van der Waals surface area contributed by atoms with E-state index in [0.29, 0.717) is 17.9 Å². The lowest BCUT2D eigenvalue weighted by Gasteiger charge is -2.20. The van der Waals surface area contributed by atoms with Gasteiger partial charge in [0.25, 0.3) is 0 Å². The van der Waals surface area contributed by atoms with E-state index in [0.717, 1.165) is 30.6 Å². The number of benzene rings is 1. The lowest BCUT2D eigenvalue weighted by molar-refractivity contribution is -0.123. The molecule has 1 aliphatic rings. The van der Waals surface area contributed by atoms with E-state index < -0.39 is 0 Å². The van der Waals surface area contributed by atoms with Crippen molar-refractivity contribution in [3.63, 3.8) is 0 Å². The number of carbonyl (C=O) groups is 1. The van der Waals surface area contributed by atoms with Gasteiger partial charge in [0.15, 0.2) is 11.5 Å². The molecule has 1 aromatic rings. The molecule has 0 spiro atoms. The Bertz CT molecular complexity index is 524. The average Bonchev–Trinajstić information content (AvgIpc) is 2.99. The number of hydrogen-bond donors (Lipinski definition) is 1. The third-order valence-corrected chi connectivity index (χ3v) is 4.05. The number of aryl methyl sites for hydroxylation is 1. The molecule has 2 rings (SSSR count). The van der Waals surface area contributed by atoms with Gasteiger partial charge in [-0.1, -0.05) is 0 Å². The summed E-state index contributed by atoms with van der Waals surface area (Å²) < 4.78 is 16.1. The second-order valence-electron chi connectivity index (χ2n) is 5.69. The highest BCUT2D eigenvalue weighted by molar-refractivity contribution is 5.77. The van der Waals surface area contributed by atoms with Gasteiger partial charge in [-0.25, -0.2) is 0 Å². The van der Waals surface area contributed by atoms with E-state index in [9.17, 15) is 4.79 Å². The van der Waals surface area contributed by atoms with Gasteiger partial charge in [-0.15, -0.1) is 0 Å². The first-order valence-corrected chi connectivity index (χ1v) is 7.68. The second kappa shape index (κ2) is 7.49. The van der Waals surface area contributed by atoms with Crippen LogP contribution in [0.5, 0.6) is 11.5 Å². The molecule has 0 saturated carbocycles. The number of ether oxygens (including phenoxy) is 3. The fraction of sp³-hybridized carbons (Fsp3) is 0.588. The van der Waals surface area contributed by atoms with Crippen molar-refractivity contribution in [2.45, 2.75) is 45.3 Å². The van der Waals surface area contributed by atoms with E-state index in [1.165, 1.54) is 0 Å². The Kier molecular flexibility index (Phi) is 5.66. The van der Waals surface area contributed by atoms with Gasteiger partial charge in [0.2, 0.25) is 5.91 Å². The summed E-state index contributed by atoms with van der Waals surface area (Å²) in [5.74, 6) is 1.39. The molecule has 1 heterocycles. The smallest absolute Gasteiger partial charge is 0.223 e. The summed E-state index contributed by atoms with van der Waals surface area (Å²) in [6.45, 7) is 4.74. The summed E-state index contributed by atoms with van der Waals surface area (Å²) in [4.78, 5) is 12.1. The third kappa shape index (κ3) is 3.91. The van der Waals surface area contributed by atoms with Crippen LogP contribution < -0.4 is 14.8 Å². The number of rotatable bonds is 6. The molecule has 1 aliphatic heterocycles. The second-order valence-corrected chi connectivity index (χ2v) is 5.69. The number of hydrogen-bond acceptors (Lipinski definition) is 4. The van der Waals surface area contributed by atoms with Gasteiger partial charge in [0, 0.05) is 6.61 Å². The number of nitrogens with one attached hydrogen (secondary N) is 1. The fourth-order valence-corrected chi connectivity index (χ4v) is 2.85. The Morgan fingerprint density at radius 3 is 2.64 bits per heavy atom. The number of methoxy groups -OCH3 is 2. The predicted octanol–water partition coefficient (Wildman–Crippen LogP) is 2.76. The van der Waals surface area contributed by atoms with Gasteiger partial charge in [-0.3, -0.25) is 4.79 Å². The first-order valence-electron chi connectivity index (χ1n) is 7.68. The van der Waals surface area contributed by atoms with Gasteiger partial charge < -0.3 is 19.5 Å². The highest BCUT2D eigenvalue weighted by Crippen LogP contribution is 2.32. The quantitative estimate of drug-likeness (QED) is 0.878. The molecule has 2 atom stereocenters. The van der Waals surface area contributed by atoms with Crippen LogP contribution in [-0.2, 0) is 9.53 Å². The van der Waals surface area contributed by atoms with Gasteiger partial charge in [0.05, 0.1) is 32.8 Å². The molecule has 22 heavy (non-hydrogen) atoms. The van der Waals surface area contributed by atoms with Crippen molar-refractivity contribution >= 4 is 5.91 Å². The van der Waals surface area contributed by atoms with Gasteiger partial charge in [-0.05, 0) is 49.9 Å². The third-order valence-electron chi connectivity index (χ3n) is 4.05. The zero-order chi connectivity index (χ0) is 16.1. The predicted molar refractivity (Wildman–Crippen MR) is 84.4 cm³/mol. The average molecular weight is 307 g/mol. The summed E-state index contributed by atoms with van der Waals surface area (Å²) >= 11 is 0. The molecule has 122 valence electrons. The molecule has 1 saturated heterocycles. The summed E-state index contributed by atoms with van der Waals surface area (Å²) in [5.41, 5.74) is 2.08. The van der Waals surface area contributed by atoms with Crippen LogP contribution >= 0.6 is 0 Å². The van der Waals surface area contributed by atoms with Crippen molar-refractivity contribution in [2.24, 2.45) is 0 Å². The summed E-state index contributed by atoms with van der Waals surface area (Å²) in [6, 6.07) is 3.76. The lowest BCUT2D eigenvalue weighted by Crippen LogP contribution is -2.30. The lowest BCUT2D eigenvalue weighted by atomic mass is 10.0. The molecule has 0 aromatic heterocycles. The van der Waals surface area contributed by atoms with Gasteiger partial charge in [0.1, 0.15) is 0 Å². The van der Waals surface area contributed by atoms with Crippen LogP contribution in [0, 0.1) is 6.92 Å². The van der Waals surface area contributed by atoms with Crippen LogP contribution in [0.1, 0.15) is 43.4 Å². The molecule has 0 aliphatic carbocycles. The molecule has 1 aromatic carbocycles. The maximum atomic E-state index is 12.1. The van der Waals surface area contributed by atoms with E-state index in [-0.39, 0.29) is 18.1 Å². The standard InChI is InChI=1S/C17H25NO4/c1-11-8-15(20-3)16(21-4)10-14(11)12(2)18-17(19)9-13-6-5-7-22-13/h8,10,12-13H,5-7,9H2,1-4H3,(H,18,19). The summed E-state index contributed by atoms with van der Waals surface area (Å²) in [6.07, 6.45) is 2.51. The maximum absolute atomic E-state index is 12.1. The maximum Gasteiger partial charge on any atom is 0.223 e. The largest absolute Gasteiger partial charge is 0.493 e. The zero-order valence-corrected chi connectivity index (χ0v) is 13.8. The van der Waals surface area contributed by atoms with Crippen LogP contribution in [0.15, 0.2) is 12.1 Å². The van der Waals surface area contributed by atoms with Crippen LogP contribution in [-0.4, -0.2) is 32.8 Å². The van der Waals surface area contributed by atoms with E-state index in [1.54, 1.807) is 14.2 Å². The first-order chi connectivity index (χ1) is 10.5. The molecule has 5 heteroatoms. The molecule has 1 fully saturated rings. The molecule has 2 unspecified atom stereocenters. The van der Waals surface area contributed by atoms with E-state index in [2.05, 4.69) is 5.32 Å². The van der Waals surface area contributed by atoms with E-state index in [4.69, 9.17) is 14.2 Å².